The predicted octanol–water partition coefficient (Wildman–Crippen LogP) is 1.50. The number of likely N-dealkylation sites (tertiary alicyclic amines) is 1. The number of hydrogen-bond donors (Lipinski definition) is 1. The molecule has 100 valence electrons. The minimum absolute atomic E-state index is 0.0906. The number of aromatic nitrogens is 2. The van der Waals surface area contributed by atoms with E-state index in [1.54, 1.807) is 22.8 Å². The van der Waals surface area contributed by atoms with Gasteiger partial charge in [-0.25, -0.2) is 0 Å². The van der Waals surface area contributed by atoms with Crippen LogP contribution >= 0.6 is 12.2 Å². The Labute approximate surface area is 119 Å². The molecule has 1 fully saturated rings. The molecule has 20 heavy (non-hydrogen) atoms. The number of carbonyl (C=O) groups is 2. The Kier molecular flexibility index (Phi) is 2.69. The van der Waals surface area contributed by atoms with Crippen LogP contribution in [0.1, 0.15) is 18.0 Å². The topological polar surface area (TPSA) is 81.9 Å². The molecule has 1 unspecified atom stereocenters. The summed E-state index contributed by atoms with van der Waals surface area (Å²) in [7, 11) is 1.46. The Hall–Kier alpha value is -2.46. The number of aromatic amines is 1. The zero-order valence-corrected chi connectivity index (χ0v) is 11.4. The zero-order valence-electron chi connectivity index (χ0n) is 10.6. The normalized spacial score (nSPS) is 18.8. The number of para-hydroxylation sites is 1. The first-order chi connectivity index (χ1) is 9.54. The van der Waals surface area contributed by atoms with E-state index < -0.39 is 6.04 Å². The van der Waals surface area contributed by atoms with Crippen molar-refractivity contribution in [2.24, 2.45) is 0 Å². The zero-order chi connectivity index (χ0) is 14.4. The minimum atomic E-state index is -0.636. The standard InChI is InChI=1S/C13H10N4O2S/c1-16-10(18)5-9(12(16)19)17-8-4-2-3-7(6-14)11(8)15-13(17)20/h2-4,9H,5H2,1H3,(H,15,20). The van der Waals surface area contributed by atoms with Crippen LogP contribution in [0.4, 0.5) is 0 Å². The highest BCUT2D eigenvalue weighted by molar-refractivity contribution is 7.71. The van der Waals surface area contributed by atoms with Crippen LogP contribution in [0.25, 0.3) is 11.0 Å². The number of nitrogens with one attached hydrogen (secondary N) is 1. The van der Waals surface area contributed by atoms with Crippen molar-refractivity contribution in [1.29, 1.82) is 5.26 Å². The molecule has 3 rings (SSSR count). The molecule has 0 radical (unpaired) electrons. The summed E-state index contributed by atoms with van der Waals surface area (Å²) in [5, 5.41) is 9.09. The first-order valence-electron chi connectivity index (χ1n) is 5.98. The van der Waals surface area contributed by atoms with Crippen LogP contribution in [0, 0.1) is 16.1 Å². The Morgan fingerprint density at radius 2 is 2.20 bits per heavy atom. The molecule has 1 saturated heterocycles. The van der Waals surface area contributed by atoms with Gasteiger partial charge in [0.05, 0.1) is 23.0 Å². The third-order valence-corrected chi connectivity index (χ3v) is 3.84. The second kappa shape index (κ2) is 4.28. The lowest BCUT2D eigenvalue weighted by Crippen LogP contribution is -2.26. The van der Waals surface area contributed by atoms with E-state index in [2.05, 4.69) is 11.1 Å². The first kappa shape index (κ1) is 12.6. The Bertz CT molecular complexity index is 842. The van der Waals surface area contributed by atoms with Gasteiger partial charge in [-0.1, -0.05) is 6.07 Å². The number of benzene rings is 1. The van der Waals surface area contributed by atoms with Gasteiger partial charge in [-0.15, -0.1) is 0 Å². The summed E-state index contributed by atoms with van der Waals surface area (Å²) in [5.41, 5.74) is 1.71. The van der Waals surface area contributed by atoms with Gasteiger partial charge in [0, 0.05) is 7.05 Å². The Balaban J connectivity index is 2.26. The van der Waals surface area contributed by atoms with Crippen LogP contribution in [-0.4, -0.2) is 33.3 Å². The molecule has 0 aliphatic carbocycles. The first-order valence-corrected chi connectivity index (χ1v) is 6.39. The van der Waals surface area contributed by atoms with Gasteiger partial charge >= 0.3 is 0 Å². The molecule has 0 spiro atoms. The molecule has 1 aromatic heterocycles. The molecule has 1 aliphatic rings. The molecular weight excluding hydrogens is 276 g/mol. The van der Waals surface area contributed by atoms with E-state index in [4.69, 9.17) is 17.5 Å². The van der Waals surface area contributed by atoms with Gasteiger partial charge in [0.15, 0.2) is 4.77 Å². The summed E-state index contributed by atoms with van der Waals surface area (Å²) in [5.74, 6) is -0.512. The fourth-order valence-corrected chi connectivity index (χ4v) is 2.82. The average Bonchev–Trinajstić information content (AvgIpc) is 2.89. The van der Waals surface area contributed by atoms with Crippen LogP contribution in [0.15, 0.2) is 18.2 Å². The molecule has 1 aromatic carbocycles. The summed E-state index contributed by atoms with van der Waals surface area (Å²) in [6, 6.07) is 6.62. The van der Waals surface area contributed by atoms with Crippen LogP contribution in [0.3, 0.4) is 0 Å². The van der Waals surface area contributed by atoms with Gasteiger partial charge in [-0.05, 0) is 24.4 Å². The predicted molar refractivity (Wildman–Crippen MR) is 73.3 cm³/mol. The van der Waals surface area contributed by atoms with Crippen LogP contribution in [0.5, 0.6) is 0 Å². The fourth-order valence-electron chi connectivity index (χ4n) is 2.49. The van der Waals surface area contributed by atoms with Gasteiger partial charge < -0.3 is 9.55 Å². The highest BCUT2D eigenvalue weighted by Gasteiger charge is 2.38. The largest absolute Gasteiger partial charge is 0.329 e. The second-order valence-corrected chi connectivity index (χ2v) is 5.01. The Morgan fingerprint density at radius 3 is 2.80 bits per heavy atom. The monoisotopic (exact) mass is 286 g/mol. The summed E-state index contributed by atoms with van der Waals surface area (Å²) in [4.78, 5) is 27.8. The Morgan fingerprint density at radius 1 is 1.45 bits per heavy atom. The third-order valence-electron chi connectivity index (χ3n) is 3.54. The third kappa shape index (κ3) is 1.58. The van der Waals surface area contributed by atoms with E-state index in [9.17, 15) is 9.59 Å². The molecule has 0 saturated carbocycles. The summed E-state index contributed by atoms with van der Waals surface area (Å²) >= 11 is 5.24. The number of likely N-dealkylation sites (N-methyl/N-ethyl adjacent to an activating group) is 1. The molecular formula is C13H10N4O2S. The van der Waals surface area contributed by atoms with Gasteiger partial charge in [-0.3, -0.25) is 14.5 Å². The summed E-state index contributed by atoms with van der Waals surface area (Å²) in [6.45, 7) is 0. The van der Waals surface area contributed by atoms with Gasteiger partial charge in [-0.2, -0.15) is 5.26 Å². The number of fused-ring (bicyclic) bond motifs is 1. The van der Waals surface area contributed by atoms with E-state index >= 15 is 0 Å². The maximum absolute atomic E-state index is 12.1. The van der Waals surface area contributed by atoms with Crippen molar-refractivity contribution in [3.63, 3.8) is 0 Å². The number of hydrogen-bond acceptors (Lipinski definition) is 4. The van der Waals surface area contributed by atoms with Gasteiger partial charge in [0.25, 0.3) is 5.91 Å². The van der Waals surface area contributed by atoms with Crippen LogP contribution < -0.4 is 0 Å². The molecule has 2 amide bonds. The van der Waals surface area contributed by atoms with Crippen LogP contribution in [-0.2, 0) is 9.59 Å². The molecule has 1 atom stereocenters. The number of imide groups is 1. The fraction of sp³-hybridized carbons (Fsp3) is 0.231. The number of nitrogens with zero attached hydrogens (tertiary/aromatic N) is 3. The molecule has 1 aliphatic heterocycles. The lowest BCUT2D eigenvalue weighted by atomic mass is 10.2. The van der Waals surface area contributed by atoms with Gasteiger partial charge in [0.1, 0.15) is 12.1 Å². The molecule has 1 N–H and O–H groups in total. The SMILES string of the molecule is CN1C(=O)CC(n2c(=S)[nH]c3c(C#N)cccc32)C1=O. The molecule has 2 heterocycles. The van der Waals surface area contributed by atoms with Crippen LogP contribution in [0.2, 0.25) is 0 Å². The van der Waals surface area contributed by atoms with E-state index in [0.29, 0.717) is 21.4 Å². The number of amides is 2. The van der Waals surface area contributed by atoms with Crippen molar-refractivity contribution in [1.82, 2.24) is 14.5 Å². The number of rotatable bonds is 1. The number of nitriles is 1. The van der Waals surface area contributed by atoms with Crippen molar-refractivity contribution in [3.8, 4) is 6.07 Å². The summed E-state index contributed by atoms with van der Waals surface area (Å²) < 4.78 is 1.96. The maximum atomic E-state index is 12.1. The molecule has 7 heteroatoms. The van der Waals surface area contributed by atoms with Gasteiger partial charge in [0.2, 0.25) is 5.91 Å². The summed E-state index contributed by atoms with van der Waals surface area (Å²) in [6.07, 6.45) is 0.0906. The van der Waals surface area contributed by atoms with Crippen molar-refractivity contribution in [2.45, 2.75) is 12.5 Å². The second-order valence-electron chi connectivity index (χ2n) is 4.62. The number of carbonyl (C=O) groups excluding carboxylic acids is 2. The van der Waals surface area contributed by atoms with Crippen molar-refractivity contribution in [3.05, 3.63) is 28.5 Å². The highest BCUT2D eigenvalue weighted by atomic mass is 32.1. The average molecular weight is 286 g/mol. The molecule has 6 nitrogen and oxygen atoms in total. The highest BCUT2D eigenvalue weighted by Crippen LogP contribution is 2.28. The lowest BCUT2D eigenvalue weighted by molar-refractivity contribution is -0.137. The van der Waals surface area contributed by atoms with Crippen molar-refractivity contribution >= 4 is 35.1 Å². The van der Waals surface area contributed by atoms with E-state index in [1.165, 1.54) is 7.05 Å². The molecule has 2 aromatic rings. The smallest absolute Gasteiger partial charge is 0.252 e. The lowest BCUT2D eigenvalue weighted by Gasteiger charge is -2.11. The number of H-pyrrole nitrogens is 1. The quantitative estimate of drug-likeness (QED) is 0.636. The minimum Gasteiger partial charge on any atom is -0.329 e. The number of imidazole rings is 1. The maximum Gasteiger partial charge on any atom is 0.252 e. The molecule has 0 bridgehead atoms. The van der Waals surface area contributed by atoms with E-state index in [-0.39, 0.29) is 18.2 Å². The van der Waals surface area contributed by atoms with E-state index in [0.717, 1.165) is 4.90 Å². The van der Waals surface area contributed by atoms with Crippen molar-refractivity contribution < 1.29 is 9.59 Å². The van der Waals surface area contributed by atoms with E-state index in [1.807, 2.05) is 0 Å². The van der Waals surface area contributed by atoms with Crippen molar-refractivity contribution in [2.75, 3.05) is 7.05 Å².